The number of nitrogens with zero attached hydrogens (tertiary/aromatic N) is 4. The van der Waals surface area contributed by atoms with Gasteiger partial charge in [-0.3, -0.25) is 14.6 Å². The Labute approximate surface area is 180 Å². The van der Waals surface area contributed by atoms with E-state index in [1.165, 1.54) is 9.80 Å². The number of carbonyl (C=O) groups excluding carboxylic acids is 2. The third-order valence-corrected chi connectivity index (χ3v) is 5.31. The molecule has 1 aliphatic heterocycles. The van der Waals surface area contributed by atoms with E-state index < -0.39 is 0 Å². The van der Waals surface area contributed by atoms with Gasteiger partial charge in [0.2, 0.25) is 0 Å². The molecule has 152 valence electrons. The highest BCUT2D eigenvalue weighted by molar-refractivity contribution is 6.12. The van der Waals surface area contributed by atoms with Gasteiger partial charge in [0.25, 0.3) is 5.91 Å². The molecule has 0 spiro atoms. The average molecular weight is 408 g/mol. The molecule has 3 amide bonds. The molecule has 0 N–H and O–H groups in total. The van der Waals surface area contributed by atoms with Crippen LogP contribution in [0.15, 0.2) is 97.2 Å². The lowest BCUT2D eigenvalue weighted by molar-refractivity contribution is -0.125. The fourth-order valence-electron chi connectivity index (χ4n) is 3.75. The second-order valence-electron chi connectivity index (χ2n) is 7.33. The Morgan fingerprint density at radius 2 is 1.32 bits per heavy atom. The SMILES string of the molecule is O=C1CN(c2ccccc2)C(=O)N1Cc1cn(-c2ccccc2)nc1-c1ccccc1. The Bertz CT molecular complexity index is 1220. The number of para-hydroxylation sites is 2. The second-order valence-corrected chi connectivity index (χ2v) is 7.33. The van der Waals surface area contributed by atoms with Crippen LogP contribution in [-0.4, -0.2) is 33.2 Å². The third kappa shape index (κ3) is 3.59. The highest BCUT2D eigenvalue weighted by atomic mass is 16.2. The zero-order valence-corrected chi connectivity index (χ0v) is 16.8. The van der Waals surface area contributed by atoms with Crippen LogP contribution in [0.4, 0.5) is 10.5 Å². The van der Waals surface area contributed by atoms with E-state index in [1.807, 2.05) is 97.2 Å². The van der Waals surface area contributed by atoms with E-state index in [2.05, 4.69) is 0 Å². The first kappa shape index (κ1) is 18.8. The first-order chi connectivity index (χ1) is 15.2. The summed E-state index contributed by atoms with van der Waals surface area (Å²) in [4.78, 5) is 28.6. The van der Waals surface area contributed by atoms with Crippen LogP contribution in [-0.2, 0) is 11.3 Å². The summed E-state index contributed by atoms with van der Waals surface area (Å²) < 4.78 is 1.79. The molecular weight excluding hydrogens is 388 g/mol. The maximum Gasteiger partial charge on any atom is 0.332 e. The van der Waals surface area contributed by atoms with Crippen molar-refractivity contribution in [2.24, 2.45) is 0 Å². The van der Waals surface area contributed by atoms with Crippen molar-refractivity contribution in [2.75, 3.05) is 11.4 Å². The zero-order valence-electron chi connectivity index (χ0n) is 16.8. The maximum absolute atomic E-state index is 13.0. The van der Waals surface area contributed by atoms with Crippen molar-refractivity contribution in [3.05, 3.63) is 103 Å². The number of aromatic nitrogens is 2. The summed E-state index contributed by atoms with van der Waals surface area (Å²) in [5.74, 6) is -0.222. The van der Waals surface area contributed by atoms with Crippen molar-refractivity contribution in [2.45, 2.75) is 6.54 Å². The molecule has 3 aromatic carbocycles. The Morgan fingerprint density at radius 3 is 1.97 bits per heavy atom. The Balaban J connectivity index is 1.50. The van der Waals surface area contributed by atoms with Crippen LogP contribution in [0.3, 0.4) is 0 Å². The van der Waals surface area contributed by atoms with Crippen LogP contribution >= 0.6 is 0 Å². The molecule has 1 aliphatic rings. The summed E-state index contributed by atoms with van der Waals surface area (Å²) in [6.07, 6.45) is 1.89. The lowest BCUT2D eigenvalue weighted by Gasteiger charge is -2.17. The minimum atomic E-state index is -0.317. The van der Waals surface area contributed by atoms with Crippen LogP contribution in [0.1, 0.15) is 5.56 Å². The van der Waals surface area contributed by atoms with Gasteiger partial charge in [0.15, 0.2) is 0 Å². The van der Waals surface area contributed by atoms with Crippen LogP contribution in [0.2, 0.25) is 0 Å². The molecular formula is C25H20N4O2. The predicted octanol–water partition coefficient (Wildman–Crippen LogP) is 4.51. The summed E-state index contributed by atoms with van der Waals surface area (Å²) >= 11 is 0. The van der Waals surface area contributed by atoms with Gasteiger partial charge in [-0.1, -0.05) is 66.7 Å². The smallest absolute Gasteiger partial charge is 0.285 e. The zero-order chi connectivity index (χ0) is 21.2. The summed E-state index contributed by atoms with van der Waals surface area (Å²) in [7, 11) is 0. The van der Waals surface area contributed by atoms with Crippen molar-refractivity contribution in [1.82, 2.24) is 14.7 Å². The molecule has 5 rings (SSSR count). The monoisotopic (exact) mass is 408 g/mol. The molecule has 6 heteroatoms. The number of benzene rings is 3. The topological polar surface area (TPSA) is 58.4 Å². The summed E-state index contributed by atoms with van der Waals surface area (Å²) in [6, 6.07) is 28.5. The van der Waals surface area contributed by atoms with Crippen molar-refractivity contribution < 1.29 is 9.59 Å². The summed E-state index contributed by atoms with van der Waals surface area (Å²) in [6.45, 7) is 0.203. The first-order valence-corrected chi connectivity index (χ1v) is 10.1. The molecule has 0 aliphatic carbocycles. The molecule has 0 saturated carbocycles. The number of imide groups is 1. The minimum Gasteiger partial charge on any atom is -0.285 e. The minimum absolute atomic E-state index is 0.0380. The molecule has 0 unspecified atom stereocenters. The summed E-state index contributed by atoms with van der Waals surface area (Å²) in [5.41, 5.74) is 4.13. The largest absolute Gasteiger partial charge is 0.332 e. The number of urea groups is 1. The van der Waals surface area contributed by atoms with Crippen molar-refractivity contribution in [3.63, 3.8) is 0 Å². The highest BCUT2D eigenvalue weighted by Crippen LogP contribution is 2.28. The Hall–Kier alpha value is -4.19. The molecule has 0 atom stereocenters. The molecule has 1 fully saturated rings. The fourth-order valence-corrected chi connectivity index (χ4v) is 3.75. The van der Waals surface area contributed by atoms with Crippen LogP contribution < -0.4 is 4.90 Å². The van der Waals surface area contributed by atoms with Crippen molar-refractivity contribution in [3.8, 4) is 16.9 Å². The highest BCUT2D eigenvalue weighted by Gasteiger charge is 2.37. The van der Waals surface area contributed by atoms with Gasteiger partial charge in [0.1, 0.15) is 6.54 Å². The van der Waals surface area contributed by atoms with Gasteiger partial charge in [-0.2, -0.15) is 5.10 Å². The van der Waals surface area contributed by atoms with E-state index in [0.29, 0.717) is 5.69 Å². The van der Waals surface area contributed by atoms with E-state index in [9.17, 15) is 9.59 Å². The van der Waals surface area contributed by atoms with E-state index >= 15 is 0 Å². The standard InChI is InChI=1S/C25H20N4O2/c30-23-18-27(21-12-6-2-7-13-21)25(31)28(23)16-20-17-29(22-14-8-3-9-15-22)26-24(20)19-10-4-1-5-11-19/h1-15,17H,16,18H2. The lowest BCUT2D eigenvalue weighted by atomic mass is 10.1. The molecule has 0 radical (unpaired) electrons. The van der Waals surface area contributed by atoms with Gasteiger partial charge in [-0.05, 0) is 24.3 Å². The molecule has 2 heterocycles. The number of carbonyl (C=O) groups is 2. The van der Waals surface area contributed by atoms with Crippen molar-refractivity contribution in [1.29, 1.82) is 0 Å². The van der Waals surface area contributed by atoms with Gasteiger partial charge in [0.05, 0.1) is 17.9 Å². The summed E-state index contributed by atoms with van der Waals surface area (Å²) in [5, 5.41) is 4.77. The van der Waals surface area contributed by atoms with Gasteiger partial charge in [-0.15, -0.1) is 0 Å². The molecule has 0 bridgehead atoms. The quantitative estimate of drug-likeness (QED) is 0.457. The van der Waals surface area contributed by atoms with E-state index in [4.69, 9.17) is 5.10 Å². The molecule has 1 saturated heterocycles. The van der Waals surface area contributed by atoms with Gasteiger partial charge in [0, 0.05) is 23.0 Å². The number of rotatable bonds is 5. The fraction of sp³-hybridized carbons (Fsp3) is 0.0800. The average Bonchev–Trinajstić information content (AvgIpc) is 3.37. The Morgan fingerprint density at radius 1 is 0.742 bits per heavy atom. The Kier molecular flexibility index (Phi) is 4.80. The normalized spacial score (nSPS) is 13.8. The molecule has 1 aromatic heterocycles. The molecule has 6 nitrogen and oxygen atoms in total. The van der Waals surface area contributed by atoms with E-state index in [-0.39, 0.29) is 25.0 Å². The van der Waals surface area contributed by atoms with Crippen LogP contribution in [0.5, 0.6) is 0 Å². The third-order valence-electron chi connectivity index (χ3n) is 5.31. The lowest BCUT2D eigenvalue weighted by Crippen LogP contribution is -2.32. The number of hydrogen-bond acceptors (Lipinski definition) is 3. The number of anilines is 1. The van der Waals surface area contributed by atoms with Gasteiger partial charge < -0.3 is 0 Å². The van der Waals surface area contributed by atoms with Gasteiger partial charge >= 0.3 is 6.03 Å². The van der Waals surface area contributed by atoms with Gasteiger partial charge in [-0.25, -0.2) is 9.48 Å². The van der Waals surface area contributed by atoms with Crippen LogP contribution in [0.25, 0.3) is 16.9 Å². The molecule has 4 aromatic rings. The van der Waals surface area contributed by atoms with Crippen molar-refractivity contribution >= 4 is 17.6 Å². The number of hydrogen-bond donors (Lipinski definition) is 0. The maximum atomic E-state index is 13.0. The van der Waals surface area contributed by atoms with E-state index in [1.54, 1.807) is 4.68 Å². The van der Waals surface area contributed by atoms with Crippen LogP contribution in [0, 0.1) is 0 Å². The predicted molar refractivity (Wildman–Crippen MR) is 119 cm³/mol. The number of amides is 3. The second kappa shape index (κ2) is 7.91. The molecule has 31 heavy (non-hydrogen) atoms. The first-order valence-electron chi connectivity index (χ1n) is 10.1. The van der Waals surface area contributed by atoms with E-state index in [0.717, 1.165) is 22.5 Å².